The first-order valence-electron chi connectivity index (χ1n) is 9.11. The molecule has 1 fully saturated rings. The first-order chi connectivity index (χ1) is 13.5. The number of hydrogen-bond acceptors (Lipinski definition) is 6. The highest BCUT2D eigenvalue weighted by molar-refractivity contribution is 6.06. The van der Waals surface area contributed by atoms with Crippen LogP contribution in [0.5, 0.6) is 0 Å². The Morgan fingerprint density at radius 1 is 1.00 bits per heavy atom. The fourth-order valence-corrected chi connectivity index (χ4v) is 3.59. The number of nitrogens with zero attached hydrogens (tertiary/aromatic N) is 7. The quantitative estimate of drug-likeness (QED) is 0.658. The van der Waals surface area contributed by atoms with Crippen molar-refractivity contribution in [3.05, 3.63) is 47.3 Å². The lowest BCUT2D eigenvalue weighted by atomic mass is 10.1. The van der Waals surface area contributed by atoms with E-state index in [1.165, 1.54) is 18.6 Å². The number of carbonyl (C=O) groups is 2. The first kappa shape index (κ1) is 18.0. The minimum atomic E-state index is -0.162. The predicted molar refractivity (Wildman–Crippen MR) is 102 cm³/mol. The Morgan fingerprint density at radius 3 is 2.32 bits per heavy atom. The number of rotatable bonds is 2. The van der Waals surface area contributed by atoms with Crippen LogP contribution in [0.25, 0.3) is 11.0 Å². The van der Waals surface area contributed by atoms with E-state index in [0.29, 0.717) is 43.1 Å². The molecule has 0 N–H and O–H groups in total. The summed E-state index contributed by atoms with van der Waals surface area (Å²) in [5, 5.41) is 5.19. The van der Waals surface area contributed by atoms with Crippen LogP contribution in [0.4, 0.5) is 0 Å². The zero-order valence-corrected chi connectivity index (χ0v) is 16.1. The summed E-state index contributed by atoms with van der Waals surface area (Å²) in [6, 6.07) is 1.82. The van der Waals surface area contributed by atoms with Crippen molar-refractivity contribution in [2.24, 2.45) is 7.05 Å². The molecule has 0 spiro atoms. The highest BCUT2D eigenvalue weighted by Gasteiger charge is 2.28. The number of carbonyl (C=O) groups excluding carboxylic acids is 2. The fraction of sp³-hybridized carbons (Fsp3) is 0.368. The summed E-state index contributed by atoms with van der Waals surface area (Å²) in [4.78, 5) is 41.7. The van der Waals surface area contributed by atoms with Crippen molar-refractivity contribution in [1.29, 1.82) is 0 Å². The molecule has 9 nitrogen and oxygen atoms in total. The lowest BCUT2D eigenvalue weighted by molar-refractivity contribution is 0.0533. The van der Waals surface area contributed by atoms with Gasteiger partial charge in [-0.15, -0.1) is 0 Å². The lowest BCUT2D eigenvalue weighted by Gasteiger charge is -2.34. The van der Waals surface area contributed by atoms with E-state index in [-0.39, 0.29) is 11.8 Å². The van der Waals surface area contributed by atoms with Gasteiger partial charge in [0.2, 0.25) is 0 Å². The number of aromatic nitrogens is 5. The summed E-state index contributed by atoms with van der Waals surface area (Å²) in [5.74, 6) is -0.219. The molecule has 0 saturated carbocycles. The molecule has 0 bridgehead atoms. The van der Waals surface area contributed by atoms with E-state index in [1.807, 2.05) is 27.0 Å². The van der Waals surface area contributed by atoms with Gasteiger partial charge in [-0.1, -0.05) is 0 Å². The molecule has 0 radical (unpaired) electrons. The number of fused-ring (bicyclic) bond motifs is 1. The van der Waals surface area contributed by atoms with Gasteiger partial charge in [0.1, 0.15) is 5.69 Å². The smallest absolute Gasteiger partial charge is 0.274 e. The van der Waals surface area contributed by atoms with Gasteiger partial charge < -0.3 is 9.80 Å². The minimum Gasteiger partial charge on any atom is -0.335 e. The molecule has 0 atom stereocenters. The largest absolute Gasteiger partial charge is 0.335 e. The van der Waals surface area contributed by atoms with Gasteiger partial charge in [-0.25, -0.2) is 9.97 Å². The van der Waals surface area contributed by atoms with E-state index in [0.717, 1.165) is 16.8 Å². The Labute approximate surface area is 162 Å². The Balaban J connectivity index is 1.54. The second-order valence-corrected chi connectivity index (χ2v) is 6.89. The molecular formula is C19H21N7O2. The van der Waals surface area contributed by atoms with E-state index in [1.54, 1.807) is 14.5 Å². The number of piperazine rings is 1. The standard InChI is InChI=1S/C19H21N7O2/c1-12-10-14(16-13(2)23-24(3)17(16)22-12)18(27)25-6-8-26(9-7-25)19(28)15-11-20-4-5-21-15/h4-5,10-11H,6-9H2,1-3H3. The molecule has 9 heteroatoms. The van der Waals surface area contributed by atoms with Crippen molar-refractivity contribution in [3.8, 4) is 0 Å². The summed E-state index contributed by atoms with van der Waals surface area (Å²) >= 11 is 0. The van der Waals surface area contributed by atoms with Crippen molar-refractivity contribution in [1.82, 2.24) is 34.5 Å². The van der Waals surface area contributed by atoms with Gasteiger partial charge in [0, 0.05) is 51.3 Å². The van der Waals surface area contributed by atoms with Crippen LogP contribution in [0.2, 0.25) is 0 Å². The second kappa shape index (κ2) is 6.99. The predicted octanol–water partition coefficient (Wildman–Crippen LogP) is 0.973. The molecule has 2 amide bonds. The topological polar surface area (TPSA) is 97.1 Å². The Kier molecular flexibility index (Phi) is 4.50. The maximum Gasteiger partial charge on any atom is 0.274 e. The van der Waals surface area contributed by atoms with Crippen LogP contribution in [0.3, 0.4) is 0 Å². The molecule has 1 aliphatic rings. The molecular weight excluding hydrogens is 358 g/mol. The third-order valence-electron chi connectivity index (χ3n) is 4.96. The average molecular weight is 379 g/mol. The van der Waals surface area contributed by atoms with Crippen molar-refractivity contribution in [2.75, 3.05) is 26.2 Å². The van der Waals surface area contributed by atoms with E-state index in [2.05, 4.69) is 20.1 Å². The molecule has 1 saturated heterocycles. The van der Waals surface area contributed by atoms with E-state index >= 15 is 0 Å². The second-order valence-electron chi connectivity index (χ2n) is 6.89. The number of pyridine rings is 1. The van der Waals surface area contributed by atoms with Crippen molar-refractivity contribution in [2.45, 2.75) is 13.8 Å². The first-order valence-corrected chi connectivity index (χ1v) is 9.11. The van der Waals surface area contributed by atoms with Crippen LogP contribution in [0.1, 0.15) is 32.2 Å². The molecule has 1 aliphatic heterocycles. The monoisotopic (exact) mass is 379 g/mol. The summed E-state index contributed by atoms with van der Waals surface area (Å²) in [7, 11) is 1.83. The van der Waals surface area contributed by atoms with E-state index in [4.69, 9.17) is 0 Å². The lowest BCUT2D eigenvalue weighted by Crippen LogP contribution is -2.50. The highest BCUT2D eigenvalue weighted by atomic mass is 16.2. The molecule has 0 aromatic carbocycles. The fourth-order valence-electron chi connectivity index (χ4n) is 3.59. The molecule has 28 heavy (non-hydrogen) atoms. The van der Waals surface area contributed by atoms with Gasteiger partial charge in [0.15, 0.2) is 5.65 Å². The molecule has 4 rings (SSSR count). The van der Waals surface area contributed by atoms with Crippen molar-refractivity contribution in [3.63, 3.8) is 0 Å². The molecule has 3 aromatic heterocycles. The van der Waals surface area contributed by atoms with Crippen LogP contribution in [0.15, 0.2) is 24.7 Å². The van der Waals surface area contributed by atoms with Crippen LogP contribution in [-0.4, -0.2) is 72.5 Å². The maximum atomic E-state index is 13.2. The average Bonchev–Trinajstić information content (AvgIpc) is 3.00. The zero-order chi connectivity index (χ0) is 19.8. The molecule has 144 valence electrons. The van der Waals surface area contributed by atoms with Gasteiger partial charge in [0.25, 0.3) is 11.8 Å². The number of aryl methyl sites for hydroxylation is 3. The Hall–Kier alpha value is -3.36. The van der Waals surface area contributed by atoms with Gasteiger partial charge >= 0.3 is 0 Å². The SMILES string of the molecule is Cc1cc(C(=O)N2CCN(C(=O)c3cnccn3)CC2)c2c(C)nn(C)c2n1. The van der Waals surface area contributed by atoms with Gasteiger partial charge in [-0.2, -0.15) is 5.10 Å². The number of amides is 2. The van der Waals surface area contributed by atoms with Crippen LogP contribution in [0, 0.1) is 13.8 Å². The summed E-state index contributed by atoms with van der Waals surface area (Å²) in [5.41, 5.74) is 3.19. The van der Waals surface area contributed by atoms with Crippen molar-refractivity contribution >= 4 is 22.8 Å². The van der Waals surface area contributed by atoms with E-state index in [9.17, 15) is 9.59 Å². The summed E-state index contributed by atoms with van der Waals surface area (Å²) < 4.78 is 1.70. The maximum absolute atomic E-state index is 13.2. The third-order valence-corrected chi connectivity index (χ3v) is 4.96. The van der Waals surface area contributed by atoms with Crippen molar-refractivity contribution < 1.29 is 9.59 Å². The van der Waals surface area contributed by atoms with Gasteiger partial charge in [0.05, 0.1) is 22.8 Å². The molecule has 4 heterocycles. The Morgan fingerprint density at radius 2 is 1.68 bits per heavy atom. The Bertz CT molecular complexity index is 1050. The van der Waals surface area contributed by atoms with Crippen LogP contribution in [-0.2, 0) is 7.05 Å². The molecule has 0 unspecified atom stereocenters. The normalized spacial score (nSPS) is 14.5. The summed E-state index contributed by atoms with van der Waals surface area (Å²) in [6.45, 7) is 5.60. The summed E-state index contributed by atoms with van der Waals surface area (Å²) in [6.07, 6.45) is 4.49. The minimum absolute atomic E-state index is 0.0572. The zero-order valence-electron chi connectivity index (χ0n) is 16.1. The number of hydrogen-bond donors (Lipinski definition) is 0. The third kappa shape index (κ3) is 3.08. The highest BCUT2D eigenvalue weighted by Crippen LogP contribution is 2.23. The van der Waals surface area contributed by atoms with Gasteiger partial charge in [-0.05, 0) is 19.9 Å². The van der Waals surface area contributed by atoms with Gasteiger partial charge in [-0.3, -0.25) is 19.3 Å². The molecule has 3 aromatic rings. The van der Waals surface area contributed by atoms with Crippen LogP contribution >= 0.6 is 0 Å². The van der Waals surface area contributed by atoms with E-state index < -0.39 is 0 Å². The van der Waals surface area contributed by atoms with Crippen LogP contribution < -0.4 is 0 Å². The molecule has 0 aliphatic carbocycles.